The molecule has 0 saturated carbocycles. The second-order valence-electron chi connectivity index (χ2n) is 8.95. The molecule has 4 heterocycles. The summed E-state index contributed by atoms with van der Waals surface area (Å²) in [5, 5.41) is 30.4. The fourth-order valence-corrected chi connectivity index (χ4v) is 4.92. The summed E-state index contributed by atoms with van der Waals surface area (Å²) >= 11 is 0. The van der Waals surface area contributed by atoms with E-state index in [9.17, 15) is 9.90 Å². The number of aromatic hydroxyl groups is 1. The molecule has 0 radical (unpaired) electrons. The highest BCUT2D eigenvalue weighted by Gasteiger charge is 2.30. The van der Waals surface area contributed by atoms with Crippen LogP contribution in [0.3, 0.4) is 0 Å². The van der Waals surface area contributed by atoms with E-state index in [4.69, 9.17) is 0 Å². The van der Waals surface area contributed by atoms with Crippen LogP contribution in [0.4, 0.5) is 5.82 Å². The van der Waals surface area contributed by atoms with E-state index in [0.717, 1.165) is 17.9 Å². The third-order valence-corrected chi connectivity index (χ3v) is 6.62. The van der Waals surface area contributed by atoms with Crippen LogP contribution in [-0.2, 0) is 7.05 Å². The van der Waals surface area contributed by atoms with Crippen molar-refractivity contribution in [1.29, 1.82) is 0 Å². The van der Waals surface area contributed by atoms with Crippen molar-refractivity contribution in [3.05, 3.63) is 52.9 Å². The lowest BCUT2D eigenvalue weighted by Crippen LogP contribution is -2.49. The Morgan fingerprint density at radius 2 is 1.91 bits per heavy atom. The summed E-state index contributed by atoms with van der Waals surface area (Å²) in [6.45, 7) is 0.910. The molecule has 0 spiro atoms. The van der Waals surface area contributed by atoms with Gasteiger partial charge in [-0.2, -0.15) is 5.10 Å². The average molecular weight is 433 g/mol. The minimum absolute atomic E-state index is 0.0828. The summed E-state index contributed by atoms with van der Waals surface area (Å²) in [6, 6.07) is 11.8. The molecule has 3 N–H and O–H groups in total. The Bertz CT molecular complexity index is 1150. The first-order chi connectivity index (χ1) is 15.5. The first-order valence-corrected chi connectivity index (χ1v) is 11.3. The van der Waals surface area contributed by atoms with Crippen LogP contribution in [0, 0.1) is 5.92 Å². The largest absolute Gasteiger partial charge is 0.507 e. The van der Waals surface area contributed by atoms with E-state index in [1.807, 2.05) is 18.2 Å². The number of benzene rings is 1. The van der Waals surface area contributed by atoms with Crippen LogP contribution in [0.5, 0.6) is 5.75 Å². The van der Waals surface area contributed by atoms with Crippen molar-refractivity contribution in [2.75, 3.05) is 11.9 Å². The lowest BCUT2D eigenvalue weighted by atomic mass is 9.80. The monoisotopic (exact) mass is 432 g/mol. The molecule has 166 valence electrons. The Hall–Kier alpha value is -3.26. The minimum Gasteiger partial charge on any atom is -0.507 e. The van der Waals surface area contributed by atoms with Gasteiger partial charge in [0, 0.05) is 42.9 Å². The van der Waals surface area contributed by atoms with Gasteiger partial charge in [0.1, 0.15) is 11.6 Å². The van der Waals surface area contributed by atoms with E-state index in [1.54, 1.807) is 25.4 Å². The number of phenolic OH excluding ortho intramolecular Hbond substituents is 1. The fraction of sp³-hybridized carbons (Fsp3) is 0.417. The number of nitrogens with one attached hydrogen (secondary N) is 2. The number of piperidine rings is 2. The summed E-state index contributed by atoms with van der Waals surface area (Å²) in [7, 11) is 1.60. The van der Waals surface area contributed by atoms with Crippen molar-refractivity contribution in [3.63, 3.8) is 0 Å². The number of hydrogen-bond acceptors (Lipinski definition) is 7. The fourth-order valence-electron chi connectivity index (χ4n) is 4.92. The third-order valence-electron chi connectivity index (χ3n) is 6.62. The summed E-state index contributed by atoms with van der Waals surface area (Å²) < 4.78 is 1.26. The normalized spacial score (nSPS) is 22.5. The molecule has 2 atom stereocenters. The van der Waals surface area contributed by atoms with Crippen molar-refractivity contribution in [3.8, 4) is 28.1 Å². The molecule has 2 aromatic heterocycles. The third kappa shape index (κ3) is 4.36. The van der Waals surface area contributed by atoms with Crippen molar-refractivity contribution in [2.24, 2.45) is 13.0 Å². The molecule has 0 aliphatic carbocycles. The van der Waals surface area contributed by atoms with Crippen LogP contribution in [0.25, 0.3) is 22.4 Å². The molecule has 1 aromatic carbocycles. The topological polar surface area (TPSA) is 105 Å². The van der Waals surface area contributed by atoms with Gasteiger partial charge in [-0.25, -0.2) is 4.68 Å². The van der Waals surface area contributed by atoms with Gasteiger partial charge in [0.05, 0.1) is 11.9 Å². The van der Waals surface area contributed by atoms with Crippen LogP contribution in [-0.4, -0.2) is 43.7 Å². The Labute approximate surface area is 186 Å². The molecule has 5 rings (SSSR count). The first-order valence-electron chi connectivity index (χ1n) is 11.3. The summed E-state index contributed by atoms with van der Waals surface area (Å²) in [5.74, 6) is 1.49. The summed E-state index contributed by atoms with van der Waals surface area (Å²) in [4.78, 5) is 11.8. The summed E-state index contributed by atoms with van der Waals surface area (Å²) in [6.07, 6.45) is 7.98. The number of fused-ring (bicyclic) bond motifs is 2. The Kier molecular flexibility index (Phi) is 5.61. The maximum absolute atomic E-state index is 11.8. The van der Waals surface area contributed by atoms with Gasteiger partial charge in [0.15, 0.2) is 0 Å². The zero-order chi connectivity index (χ0) is 22.1. The molecule has 2 unspecified atom stereocenters. The molecular weight excluding hydrogens is 404 g/mol. The molecule has 2 aliphatic rings. The van der Waals surface area contributed by atoms with Gasteiger partial charge in [0.25, 0.3) is 5.56 Å². The number of anilines is 1. The lowest BCUT2D eigenvalue weighted by molar-refractivity contribution is 0.192. The molecule has 3 aromatic rings. The van der Waals surface area contributed by atoms with E-state index in [-0.39, 0.29) is 11.3 Å². The number of phenols is 1. The van der Waals surface area contributed by atoms with Crippen LogP contribution in [0.2, 0.25) is 0 Å². The smallest absolute Gasteiger partial charge is 0.267 e. The van der Waals surface area contributed by atoms with E-state index < -0.39 is 0 Å². The molecule has 0 amide bonds. The van der Waals surface area contributed by atoms with Crippen LogP contribution in [0.15, 0.2) is 47.4 Å². The average Bonchev–Trinajstić information content (AvgIpc) is 2.80. The molecule has 8 nitrogen and oxygen atoms in total. The predicted molar refractivity (Wildman–Crippen MR) is 123 cm³/mol. The van der Waals surface area contributed by atoms with Crippen molar-refractivity contribution < 1.29 is 5.11 Å². The molecule has 2 saturated heterocycles. The highest BCUT2D eigenvalue weighted by Crippen LogP contribution is 2.32. The van der Waals surface area contributed by atoms with Crippen molar-refractivity contribution >= 4 is 5.82 Å². The highest BCUT2D eigenvalue weighted by atomic mass is 16.3. The predicted octanol–water partition coefficient (Wildman–Crippen LogP) is 2.94. The van der Waals surface area contributed by atoms with Crippen molar-refractivity contribution in [2.45, 2.75) is 44.2 Å². The van der Waals surface area contributed by atoms with Gasteiger partial charge in [-0.15, -0.1) is 10.2 Å². The highest BCUT2D eigenvalue weighted by molar-refractivity contribution is 5.73. The Balaban J connectivity index is 1.25. The first kappa shape index (κ1) is 20.6. The van der Waals surface area contributed by atoms with Gasteiger partial charge in [-0.1, -0.05) is 12.5 Å². The second kappa shape index (κ2) is 8.70. The Morgan fingerprint density at radius 3 is 2.59 bits per heavy atom. The maximum Gasteiger partial charge on any atom is 0.267 e. The number of nitrogens with zero attached hydrogens (tertiary/aromatic N) is 4. The zero-order valence-electron chi connectivity index (χ0n) is 18.2. The van der Waals surface area contributed by atoms with Gasteiger partial charge in [-0.05, 0) is 61.4 Å². The number of aryl methyl sites for hydroxylation is 1. The molecule has 2 bridgehead atoms. The zero-order valence-corrected chi connectivity index (χ0v) is 18.2. The van der Waals surface area contributed by atoms with E-state index in [2.05, 4.69) is 25.9 Å². The molecule has 8 heteroatoms. The van der Waals surface area contributed by atoms with Crippen LogP contribution >= 0.6 is 0 Å². The minimum atomic E-state index is -0.201. The summed E-state index contributed by atoms with van der Waals surface area (Å²) in [5.41, 5.74) is 2.36. The van der Waals surface area contributed by atoms with E-state index in [1.165, 1.54) is 42.9 Å². The quantitative estimate of drug-likeness (QED) is 0.569. The van der Waals surface area contributed by atoms with Gasteiger partial charge in [-0.3, -0.25) is 4.79 Å². The van der Waals surface area contributed by atoms with Crippen molar-refractivity contribution in [1.82, 2.24) is 25.3 Å². The molecule has 32 heavy (non-hydrogen) atoms. The molecular formula is C24H28N6O2. The standard InChI is InChI=1S/C24H28N6O2/c1-30-24(32)12-17(14-26-30)16-5-6-20(22(31)11-16)21-7-8-23(29-28-21)25-13-15-9-18-3-2-4-19(10-15)27-18/h5-8,11-12,14-15,18-19,27,31H,2-4,9-10,13H2,1H3,(H,25,29). The van der Waals surface area contributed by atoms with Gasteiger partial charge >= 0.3 is 0 Å². The number of hydrogen-bond donors (Lipinski definition) is 3. The second-order valence-corrected chi connectivity index (χ2v) is 8.95. The maximum atomic E-state index is 11.8. The molecule has 2 fully saturated rings. The van der Waals surface area contributed by atoms with Gasteiger partial charge in [0.2, 0.25) is 0 Å². The van der Waals surface area contributed by atoms with Gasteiger partial charge < -0.3 is 15.7 Å². The van der Waals surface area contributed by atoms with Crippen LogP contribution in [0.1, 0.15) is 32.1 Å². The number of aromatic nitrogens is 4. The number of rotatable bonds is 5. The lowest BCUT2D eigenvalue weighted by Gasteiger charge is -2.40. The SMILES string of the molecule is Cn1ncc(-c2ccc(-c3ccc(NCC4CC5CCCC(C4)N5)nn3)c(O)c2)cc1=O. The van der Waals surface area contributed by atoms with Crippen LogP contribution < -0.4 is 16.2 Å². The van der Waals surface area contributed by atoms with E-state index >= 15 is 0 Å². The van der Waals surface area contributed by atoms with E-state index in [0.29, 0.717) is 34.8 Å². The Morgan fingerprint density at radius 1 is 1.09 bits per heavy atom. The molecule has 2 aliphatic heterocycles.